The number of carboxylic acids is 1. The average Bonchev–Trinajstić information content (AvgIpc) is 2.60. The molecule has 4 N–H and O–H groups in total. The molecule has 0 aromatic heterocycles. The maximum absolute atomic E-state index is 12.4. The van der Waals surface area contributed by atoms with Crippen LogP contribution in [0.4, 0.5) is 16.2 Å². The number of rotatable bonds is 7. The third kappa shape index (κ3) is 6.81. The summed E-state index contributed by atoms with van der Waals surface area (Å²) in [5.41, 5.74) is 2.42. The van der Waals surface area contributed by atoms with Crippen LogP contribution < -0.4 is 16.0 Å². The van der Waals surface area contributed by atoms with E-state index in [4.69, 9.17) is 5.11 Å². The first-order valence-electron chi connectivity index (χ1n) is 8.63. The van der Waals surface area contributed by atoms with Crippen LogP contribution in [0.2, 0.25) is 0 Å². The molecule has 27 heavy (non-hydrogen) atoms. The molecule has 2 rings (SSSR count). The fourth-order valence-corrected chi connectivity index (χ4v) is 2.38. The second kappa shape index (κ2) is 9.38. The Balaban J connectivity index is 1.98. The SMILES string of the molecule is CC(C)NC(=O)Nc1cccc(C(=O)Nc2ccc(CCC(=O)O)cc2)c1. The van der Waals surface area contributed by atoms with Gasteiger partial charge in [-0.3, -0.25) is 9.59 Å². The van der Waals surface area contributed by atoms with Gasteiger partial charge in [0.1, 0.15) is 0 Å². The molecule has 2 aromatic rings. The zero-order chi connectivity index (χ0) is 19.8. The molecule has 0 aliphatic rings. The van der Waals surface area contributed by atoms with Crippen LogP contribution in [0.3, 0.4) is 0 Å². The van der Waals surface area contributed by atoms with Crippen molar-refractivity contribution in [2.24, 2.45) is 0 Å². The number of hydrogen-bond donors (Lipinski definition) is 4. The van der Waals surface area contributed by atoms with Crippen LogP contribution in [0.15, 0.2) is 48.5 Å². The molecule has 0 spiro atoms. The number of carbonyl (C=O) groups is 3. The lowest BCUT2D eigenvalue weighted by atomic mass is 10.1. The van der Waals surface area contributed by atoms with Crippen molar-refractivity contribution in [3.63, 3.8) is 0 Å². The first kappa shape index (κ1) is 20.0. The summed E-state index contributed by atoms with van der Waals surface area (Å²) in [6.45, 7) is 3.72. The van der Waals surface area contributed by atoms with Gasteiger partial charge in [0.25, 0.3) is 5.91 Å². The molecule has 0 radical (unpaired) electrons. The highest BCUT2D eigenvalue weighted by Crippen LogP contribution is 2.15. The Bertz CT molecular complexity index is 816. The number of aliphatic carboxylic acids is 1. The highest BCUT2D eigenvalue weighted by molar-refractivity contribution is 6.05. The van der Waals surface area contributed by atoms with Gasteiger partial charge in [-0.25, -0.2) is 4.79 Å². The van der Waals surface area contributed by atoms with Crippen LogP contribution in [0.5, 0.6) is 0 Å². The van der Waals surface area contributed by atoms with E-state index < -0.39 is 5.97 Å². The fourth-order valence-electron chi connectivity index (χ4n) is 2.38. The minimum Gasteiger partial charge on any atom is -0.481 e. The largest absolute Gasteiger partial charge is 0.481 e. The summed E-state index contributed by atoms with van der Waals surface area (Å²) in [5.74, 6) is -1.15. The Kier molecular flexibility index (Phi) is 6.93. The second-order valence-electron chi connectivity index (χ2n) is 6.38. The number of urea groups is 1. The van der Waals surface area contributed by atoms with Crippen molar-refractivity contribution in [3.05, 3.63) is 59.7 Å². The highest BCUT2D eigenvalue weighted by atomic mass is 16.4. The van der Waals surface area contributed by atoms with Crippen molar-refractivity contribution in [2.75, 3.05) is 10.6 Å². The van der Waals surface area contributed by atoms with E-state index in [1.807, 2.05) is 13.8 Å². The molecular formula is C20H23N3O4. The van der Waals surface area contributed by atoms with Crippen LogP contribution in [-0.4, -0.2) is 29.1 Å². The van der Waals surface area contributed by atoms with Crippen molar-refractivity contribution in [1.29, 1.82) is 0 Å². The Morgan fingerprint density at radius 2 is 1.67 bits per heavy atom. The second-order valence-corrected chi connectivity index (χ2v) is 6.38. The van der Waals surface area contributed by atoms with E-state index in [2.05, 4.69) is 16.0 Å². The van der Waals surface area contributed by atoms with Crippen LogP contribution in [0.1, 0.15) is 36.2 Å². The first-order valence-corrected chi connectivity index (χ1v) is 8.63. The molecule has 7 nitrogen and oxygen atoms in total. The van der Waals surface area contributed by atoms with Gasteiger partial charge in [-0.2, -0.15) is 0 Å². The number of benzene rings is 2. The summed E-state index contributed by atoms with van der Waals surface area (Å²) >= 11 is 0. The predicted octanol–water partition coefficient (Wildman–Crippen LogP) is 3.49. The zero-order valence-corrected chi connectivity index (χ0v) is 15.3. The van der Waals surface area contributed by atoms with Gasteiger partial charge in [0, 0.05) is 29.4 Å². The molecule has 0 aliphatic carbocycles. The summed E-state index contributed by atoms with van der Waals surface area (Å²) in [6.07, 6.45) is 0.506. The van der Waals surface area contributed by atoms with Crippen molar-refractivity contribution in [1.82, 2.24) is 5.32 Å². The van der Waals surface area contributed by atoms with Crippen molar-refractivity contribution >= 4 is 29.3 Å². The lowest BCUT2D eigenvalue weighted by Gasteiger charge is -2.11. The maximum atomic E-state index is 12.4. The molecule has 0 fully saturated rings. The Labute approximate surface area is 157 Å². The van der Waals surface area contributed by atoms with Gasteiger partial charge in [0.15, 0.2) is 0 Å². The van der Waals surface area contributed by atoms with E-state index in [1.54, 1.807) is 48.5 Å². The number of carboxylic acid groups (broad SMARTS) is 1. The normalized spacial score (nSPS) is 10.3. The predicted molar refractivity (Wildman–Crippen MR) is 104 cm³/mol. The van der Waals surface area contributed by atoms with Gasteiger partial charge >= 0.3 is 12.0 Å². The van der Waals surface area contributed by atoms with E-state index >= 15 is 0 Å². The molecule has 0 bridgehead atoms. The minimum absolute atomic E-state index is 0.00921. The fraction of sp³-hybridized carbons (Fsp3) is 0.250. The van der Waals surface area contributed by atoms with Crippen LogP contribution in [0.25, 0.3) is 0 Å². The molecule has 3 amide bonds. The smallest absolute Gasteiger partial charge is 0.319 e. The average molecular weight is 369 g/mol. The van der Waals surface area contributed by atoms with Gasteiger partial charge in [-0.1, -0.05) is 18.2 Å². The summed E-state index contributed by atoms with van der Waals surface area (Å²) in [6, 6.07) is 13.3. The van der Waals surface area contributed by atoms with Gasteiger partial charge in [-0.05, 0) is 56.2 Å². The topological polar surface area (TPSA) is 108 Å². The quantitative estimate of drug-likeness (QED) is 0.599. The molecule has 0 saturated heterocycles. The minimum atomic E-state index is -0.844. The molecule has 0 aliphatic heterocycles. The van der Waals surface area contributed by atoms with Crippen molar-refractivity contribution in [3.8, 4) is 0 Å². The van der Waals surface area contributed by atoms with Crippen molar-refractivity contribution < 1.29 is 19.5 Å². The summed E-state index contributed by atoms with van der Waals surface area (Å²) in [5, 5.41) is 16.9. The number of carbonyl (C=O) groups excluding carboxylic acids is 2. The van der Waals surface area contributed by atoms with Gasteiger partial charge in [0.05, 0.1) is 0 Å². The number of nitrogens with one attached hydrogen (secondary N) is 3. The third-order valence-electron chi connectivity index (χ3n) is 3.64. The van der Waals surface area contributed by atoms with Gasteiger partial charge in [-0.15, -0.1) is 0 Å². The number of hydrogen-bond acceptors (Lipinski definition) is 3. The molecule has 0 heterocycles. The molecule has 0 saturated carbocycles. The monoisotopic (exact) mass is 369 g/mol. The highest BCUT2D eigenvalue weighted by Gasteiger charge is 2.09. The van der Waals surface area contributed by atoms with Crippen LogP contribution in [-0.2, 0) is 11.2 Å². The molecule has 7 heteroatoms. The maximum Gasteiger partial charge on any atom is 0.319 e. The van der Waals surface area contributed by atoms with Gasteiger partial charge in [0.2, 0.25) is 0 Å². The Hall–Kier alpha value is -3.35. The standard InChI is InChI=1S/C20H23N3O4/c1-13(2)21-20(27)23-17-5-3-4-15(12-17)19(26)22-16-9-6-14(7-10-16)8-11-18(24)25/h3-7,9-10,12-13H,8,11H2,1-2H3,(H,22,26)(H,24,25)(H2,21,23,27). The molecule has 0 unspecified atom stereocenters. The molecule has 2 aromatic carbocycles. The zero-order valence-electron chi connectivity index (χ0n) is 15.3. The summed E-state index contributed by atoms with van der Waals surface area (Å²) in [4.78, 5) is 34.8. The number of amides is 3. The molecule has 0 atom stereocenters. The first-order chi connectivity index (χ1) is 12.8. The van der Waals surface area contributed by atoms with E-state index in [1.165, 1.54) is 0 Å². The van der Waals surface area contributed by atoms with Gasteiger partial charge < -0.3 is 21.1 Å². The van der Waals surface area contributed by atoms with E-state index in [9.17, 15) is 14.4 Å². The Morgan fingerprint density at radius 1 is 0.963 bits per heavy atom. The molecule has 142 valence electrons. The van der Waals surface area contributed by atoms with E-state index in [0.29, 0.717) is 23.4 Å². The lowest BCUT2D eigenvalue weighted by molar-refractivity contribution is -0.136. The van der Waals surface area contributed by atoms with E-state index in [0.717, 1.165) is 5.56 Å². The third-order valence-corrected chi connectivity index (χ3v) is 3.64. The van der Waals surface area contributed by atoms with Crippen LogP contribution >= 0.6 is 0 Å². The van der Waals surface area contributed by atoms with E-state index in [-0.39, 0.29) is 24.4 Å². The number of anilines is 2. The Morgan fingerprint density at radius 3 is 2.30 bits per heavy atom. The lowest BCUT2D eigenvalue weighted by Crippen LogP contribution is -2.34. The summed E-state index contributed by atoms with van der Waals surface area (Å²) < 4.78 is 0. The number of aryl methyl sites for hydroxylation is 1. The molecular weight excluding hydrogens is 346 g/mol. The summed E-state index contributed by atoms with van der Waals surface area (Å²) in [7, 11) is 0. The van der Waals surface area contributed by atoms with Crippen LogP contribution in [0, 0.1) is 0 Å². The van der Waals surface area contributed by atoms with Crippen molar-refractivity contribution in [2.45, 2.75) is 32.7 Å².